The largest absolute Gasteiger partial charge is 0.376 e. The number of likely N-dealkylation sites (tertiary alicyclic amines) is 1. The van der Waals surface area contributed by atoms with Crippen LogP contribution in [0.15, 0.2) is 0 Å². The molecule has 20 heavy (non-hydrogen) atoms. The minimum absolute atomic E-state index is 0.109. The van der Waals surface area contributed by atoms with E-state index in [2.05, 4.69) is 0 Å². The molecule has 0 aromatic heterocycles. The number of nitrogens with zero attached hydrogens (tertiary/aromatic N) is 2. The van der Waals surface area contributed by atoms with E-state index in [9.17, 15) is 9.59 Å². The Bertz CT molecular complexity index is 340. The molecule has 0 aliphatic carbocycles. The zero-order valence-electron chi connectivity index (χ0n) is 12.5. The normalized spacial score (nSPS) is 23.8. The third-order valence-corrected chi connectivity index (χ3v) is 4.19. The summed E-state index contributed by atoms with van der Waals surface area (Å²) in [6, 6.07) is 0. The van der Waals surface area contributed by atoms with Gasteiger partial charge in [0.25, 0.3) is 0 Å². The Balaban J connectivity index is 1.71. The average Bonchev–Trinajstić information content (AvgIpc) is 2.85. The van der Waals surface area contributed by atoms with E-state index in [4.69, 9.17) is 4.74 Å². The summed E-state index contributed by atoms with van der Waals surface area (Å²) in [5.74, 6) is 0.314. The van der Waals surface area contributed by atoms with Crippen molar-refractivity contribution in [3.63, 3.8) is 0 Å². The molecule has 114 valence electrons. The van der Waals surface area contributed by atoms with Crippen molar-refractivity contribution < 1.29 is 14.3 Å². The van der Waals surface area contributed by atoms with Gasteiger partial charge in [-0.15, -0.1) is 0 Å². The van der Waals surface area contributed by atoms with E-state index in [0.29, 0.717) is 25.9 Å². The zero-order valence-corrected chi connectivity index (χ0v) is 12.5. The number of carbonyl (C=O) groups excluding carboxylic acids is 2. The van der Waals surface area contributed by atoms with Gasteiger partial charge in [-0.3, -0.25) is 9.59 Å². The first-order chi connectivity index (χ1) is 9.66. The van der Waals surface area contributed by atoms with Crippen LogP contribution in [0.2, 0.25) is 0 Å². The molecule has 5 nitrogen and oxygen atoms in total. The van der Waals surface area contributed by atoms with Gasteiger partial charge >= 0.3 is 0 Å². The molecule has 2 aliphatic heterocycles. The van der Waals surface area contributed by atoms with E-state index in [1.165, 1.54) is 0 Å². The number of carbonyl (C=O) groups is 2. The maximum absolute atomic E-state index is 12.1. The summed E-state index contributed by atoms with van der Waals surface area (Å²) >= 11 is 0. The molecule has 0 unspecified atom stereocenters. The average molecular weight is 282 g/mol. The smallest absolute Gasteiger partial charge is 0.224 e. The van der Waals surface area contributed by atoms with Gasteiger partial charge in [-0.05, 0) is 25.7 Å². The summed E-state index contributed by atoms with van der Waals surface area (Å²) in [5.41, 5.74) is 0. The Morgan fingerprint density at radius 1 is 1.35 bits per heavy atom. The van der Waals surface area contributed by atoms with E-state index < -0.39 is 0 Å². The second-order valence-electron chi connectivity index (χ2n) is 5.85. The lowest BCUT2D eigenvalue weighted by Crippen LogP contribution is -2.38. The molecule has 2 saturated heterocycles. The number of ether oxygens (including phenoxy) is 1. The van der Waals surface area contributed by atoms with Crippen molar-refractivity contribution in [2.45, 2.75) is 51.0 Å². The van der Waals surface area contributed by atoms with Crippen LogP contribution in [0.25, 0.3) is 0 Å². The van der Waals surface area contributed by atoms with Gasteiger partial charge in [0.1, 0.15) is 0 Å². The lowest BCUT2D eigenvalue weighted by Gasteiger charge is -2.24. The van der Waals surface area contributed by atoms with Gasteiger partial charge < -0.3 is 14.5 Å². The minimum atomic E-state index is 0.109. The van der Waals surface area contributed by atoms with Crippen molar-refractivity contribution in [1.82, 2.24) is 9.80 Å². The van der Waals surface area contributed by atoms with Crippen LogP contribution < -0.4 is 0 Å². The first kappa shape index (κ1) is 15.3. The maximum Gasteiger partial charge on any atom is 0.224 e. The predicted octanol–water partition coefficient (Wildman–Crippen LogP) is 1.42. The third kappa shape index (κ3) is 4.47. The molecule has 2 rings (SSSR count). The summed E-state index contributed by atoms with van der Waals surface area (Å²) in [7, 11) is 1.83. The van der Waals surface area contributed by atoms with Gasteiger partial charge in [0, 0.05) is 46.1 Å². The van der Waals surface area contributed by atoms with Gasteiger partial charge in [0.15, 0.2) is 0 Å². The second kappa shape index (κ2) is 7.62. The molecule has 5 heteroatoms. The minimum Gasteiger partial charge on any atom is -0.376 e. The fourth-order valence-electron chi connectivity index (χ4n) is 2.89. The Morgan fingerprint density at radius 2 is 2.20 bits per heavy atom. The summed E-state index contributed by atoms with van der Waals surface area (Å²) in [5, 5.41) is 0. The lowest BCUT2D eigenvalue weighted by molar-refractivity contribution is -0.134. The van der Waals surface area contributed by atoms with Crippen LogP contribution in [-0.2, 0) is 14.3 Å². The van der Waals surface area contributed by atoms with Crippen LogP contribution in [0, 0.1) is 0 Å². The SMILES string of the molecule is CN(C[C@@H]1CCCO1)C(=O)CCN1CCCCCC1=O. The zero-order chi connectivity index (χ0) is 14.4. The molecule has 2 heterocycles. The molecule has 0 radical (unpaired) electrons. The lowest BCUT2D eigenvalue weighted by atomic mass is 10.2. The van der Waals surface area contributed by atoms with E-state index in [-0.39, 0.29) is 17.9 Å². The summed E-state index contributed by atoms with van der Waals surface area (Å²) in [4.78, 5) is 27.6. The highest BCUT2D eigenvalue weighted by Crippen LogP contribution is 2.14. The van der Waals surface area contributed by atoms with Gasteiger partial charge in [0.2, 0.25) is 11.8 Å². The highest BCUT2D eigenvalue weighted by atomic mass is 16.5. The van der Waals surface area contributed by atoms with E-state index in [1.54, 1.807) is 4.90 Å². The molecule has 2 fully saturated rings. The summed E-state index contributed by atoms with van der Waals surface area (Å²) in [6.07, 6.45) is 6.57. The molecular weight excluding hydrogens is 256 g/mol. The first-order valence-electron chi connectivity index (χ1n) is 7.80. The summed E-state index contributed by atoms with van der Waals surface area (Å²) in [6.45, 7) is 2.86. The molecule has 2 amide bonds. The van der Waals surface area contributed by atoms with E-state index in [1.807, 2.05) is 11.9 Å². The topological polar surface area (TPSA) is 49.9 Å². The van der Waals surface area contributed by atoms with Gasteiger partial charge in [-0.1, -0.05) is 6.42 Å². The number of amides is 2. The standard InChI is InChI=1S/C15H26N2O3/c1-16(12-13-6-5-11-20-13)14(18)8-10-17-9-4-2-3-7-15(17)19/h13H,2-12H2,1H3/t13-/m0/s1. The van der Waals surface area contributed by atoms with Crippen LogP contribution in [0.3, 0.4) is 0 Å². The quantitative estimate of drug-likeness (QED) is 0.766. The van der Waals surface area contributed by atoms with Crippen molar-refractivity contribution in [1.29, 1.82) is 0 Å². The number of rotatable bonds is 5. The Labute approximate surface area is 121 Å². The van der Waals surface area contributed by atoms with Crippen molar-refractivity contribution in [2.75, 3.05) is 33.3 Å². The third-order valence-electron chi connectivity index (χ3n) is 4.19. The van der Waals surface area contributed by atoms with Crippen LogP contribution >= 0.6 is 0 Å². The fourth-order valence-corrected chi connectivity index (χ4v) is 2.89. The van der Waals surface area contributed by atoms with Crippen LogP contribution in [0.1, 0.15) is 44.9 Å². The van der Waals surface area contributed by atoms with Crippen LogP contribution in [0.5, 0.6) is 0 Å². The van der Waals surface area contributed by atoms with Crippen LogP contribution in [0.4, 0.5) is 0 Å². The number of hydrogen-bond donors (Lipinski definition) is 0. The highest BCUT2D eigenvalue weighted by molar-refractivity contribution is 5.79. The molecule has 0 bridgehead atoms. The van der Waals surface area contributed by atoms with E-state index >= 15 is 0 Å². The van der Waals surface area contributed by atoms with Crippen molar-refractivity contribution >= 4 is 11.8 Å². The molecular formula is C15H26N2O3. The van der Waals surface area contributed by atoms with Gasteiger partial charge in [0.05, 0.1) is 6.10 Å². The Hall–Kier alpha value is -1.10. The molecule has 0 spiro atoms. The first-order valence-corrected chi connectivity index (χ1v) is 7.80. The highest BCUT2D eigenvalue weighted by Gasteiger charge is 2.21. The molecule has 0 aromatic rings. The van der Waals surface area contributed by atoms with Crippen molar-refractivity contribution in [2.24, 2.45) is 0 Å². The molecule has 0 saturated carbocycles. The molecule has 2 aliphatic rings. The number of likely N-dealkylation sites (N-methyl/N-ethyl adjacent to an activating group) is 1. The Kier molecular flexibility index (Phi) is 5.83. The fraction of sp³-hybridized carbons (Fsp3) is 0.867. The van der Waals surface area contributed by atoms with E-state index in [0.717, 1.165) is 45.3 Å². The molecule has 1 atom stereocenters. The Morgan fingerprint density at radius 3 is 2.95 bits per heavy atom. The van der Waals surface area contributed by atoms with Crippen LogP contribution in [-0.4, -0.2) is 61.0 Å². The van der Waals surface area contributed by atoms with Crippen molar-refractivity contribution in [3.05, 3.63) is 0 Å². The summed E-state index contributed by atoms with van der Waals surface area (Å²) < 4.78 is 5.54. The predicted molar refractivity (Wildman–Crippen MR) is 76.3 cm³/mol. The van der Waals surface area contributed by atoms with Crippen molar-refractivity contribution in [3.8, 4) is 0 Å². The maximum atomic E-state index is 12.1. The molecule has 0 aromatic carbocycles. The monoisotopic (exact) mass is 282 g/mol. The number of hydrogen-bond acceptors (Lipinski definition) is 3. The second-order valence-corrected chi connectivity index (χ2v) is 5.85. The van der Waals surface area contributed by atoms with Gasteiger partial charge in [-0.25, -0.2) is 0 Å². The molecule has 0 N–H and O–H groups in total. The van der Waals surface area contributed by atoms with Gasteiger partial charge in [-0.2, -0.15) is 0 Å².